The summed E-state index contributed by atoms with van der Waals surface area (Å²) in [5, 5.41) is 14.2. The lowest BCUT2D eigenvalue weighted by molar-refractivity contribution is 0.320. The molecule has 1 aliphatic rings. The minimum Gasteiger partial charge on any atom is -0.507 e. The zero-order valence-electron chi connectivity index (χ0n) is 12.8. The molecule has 0 bridgehead atoms. The lowest BCUT2D eigenvalue weighted by Gasteiger charge is -2.30. The maximum atomic E-state index is 10.6. The standard InChI is InChI=1S/C19H24N2O/c20-13-17-10-5-9-16(21-17)12-15-8-4-11-18(19(15)22)14-6-2-1-3-7-14/h1-4,6-8,11,16-17,21-22H,5,9-10,12-13,20H2. The molecule has 4 N–H and O–H groups in total. The molecule has 3 rings (SSSR count). The molecule has 0 spiro atoms. The van der Waals surface area contributed by atoms with Gasteiger partial charge in [-0.1, -0.05) is 55.0 Å². The van der Waals surface area contributed by atoms with E-state index in [1.165, 1.54) is 6.42 Å². The first-order valence-corrected chi connectivity index (χ1v) is 8.10. The predicted molar refractivity (Wildman–Crippen MR) is 90.9 cm³/mol. The Hall–Kier alpha value is -1.84. The van der Waals surface area contributed by atoms with Crippen LogP contribution in [0.3, 0.4) is 0 Å². The molecule has 0 radical (unpaired) electrons. The number of benzene rings is 2. The summed E-state index contributed by atoms with van der Waals surface area (Å²) in [4.78, 5) is 0. The average Bonchev–Trinajstić information content (AvgIpc) is 2.58. The molecule has 22 heavy (non-hydrogen) atoms. The maximum Gasteiger partial charge on any atom is 0.126 e. The van der Waals surface area contributed by atoms with Crippen molar-refractivity contribution < 1.29 is 5.11 Å². The topological polar surface area (TPSA) is 58.3 Å². The van der Waals surface area contributed by atoms with Gasteiger partial charge in [0, 0.05) is 24.2 Å². The summed E-state index contributed by atoms with van der Waals surface area (Å²) in [5.74, 6) is 0.408. The van der Waals surface area contributed by atoms with Crippen molar-refractivity contribution in [2.45, 2.75) is 37.8 Å². The molecular weight excluding hydrogens is 272 g/mol. The number of nitrogens with two attached hydrogens (primary N) is 1. The summed E-state index contributed by atoms with van der Waals surface area (Å²) < 4.78 is 0. The van der Waals surface area contributed by atoms with Gasteiger partial charge in [0.05, 0.1) is 0 Å². The van der Waals surface area contributed by atoms with Crippen LogP contribution in [-0.2, 0) is 6.42 Å². The van der Waals surface area contributed by atoms with Crippen molar-refractivity contribution in [1.29, 1.82) is 0 Å². The number of nitrogens with one attached hydrogen (secondary N) is 1. The fraction of sp³-hybridized carbons (Fsp3) is 0.368. The first-order valence-electron chi connectivity index (χ1n) is 8.10. The molecule has 1 fully saturated rings. The van der Waals surface area contributed by atoms with Crippen LogP contribution in [0.2, 0.25) is 0 Å². The van der Waals surface area contributed by atoms with E-state index in [2.05, 4.69) is 5.32 Å². The molecule has 1 aliphatic heterocycles. The van der Waals surface area contributed by atoms with Crippen molar-refractivity contribution in [2.24, 2.45) is 5.73 Å². The van der Waals surface area contributed by atoms with Crippen LogP contribution in [0, 0.1) is 0 Å². The number of phenolic OH excluding ortho intramolecular Hbond substituents is 1. The molecule has 0 saturated carbocycles. The summed E-state index contributed by atoms with van der Waals surface area (Å²) in [7, 11) is 0. The summed E-state index contributed by atoms with van der Waals surface area (Å²) in [5.41, 5.74) is 8.75. The second kappa shape index (κ2) is 6.95. The van der Waals surface area contributed by atoms with E-state index in [0.717, 1.165) is 36.0 Å². The summed E-state index contributed by atoms with van der Waals surface area (Å²) in [6.45, 7) is 0.687. The fourth-order valence-electron chi connectivity index (χ4n) is 3.33. The van der Waals surface area contributed by atoms with E-state index < -0.39 is 0 Å². The number of rotatable bonds is 4. The minimum atomic E-state index is 0.402. The van der Waals surface area contributed by atoms with E-state index >= 15 is 0 Å². The Labute approximate surface area is 132 Å². The third-order valence-corrected chi connectivity index (χ3v) is 4.53. The lowest BCUT2D eigenvalue weighted by Crippen LogP contribution is -2.47. The first-order chi connectivity index (χ1) is 10.8. The highest BCUT2D eigenvalue weighted by atomic mass is 16.3. The van der Waals surface area contributed by atoms with Gasteiger partial charge in [-0.2, -0.15) is 0 Å². The maximum absolute atomic E-state index is 10.6. The van der Waals surface area contributed by atoms with Crippen molar-refractivity contribution in [3.63, 3.8) is 0 Å². The SMILES string of the molecule is NCC1CCCC(Cc2cccc(-c3ccccc3)c2O)N1. The zero-order chi connectivity index (χ0) is 15.4. The van der Waals surface area contributed by atoms with E-state index in [9.17, 15) is 5.11 Å². The molecule has 0 amide bonds. The van der Waals surface area contributed by atoms with Gasteiger partial charge < -0.3 is 16.2 Å². The van der Waals surface area contributed by atoms with Crippen LogP contribution in [0.4, 0.5) is 0 Å². The van der Waals surface area contributed by atoms with Gasteiger partial charge in [-0.25, -0.2) is 0 Å². The van der Waals surface area contributed by atoms with Crippen LogP contribution in [0.15, 0.2) is 48.5 Å². The number of hydrogen-bond acceptors (Lipinski definition) is 3. The minimum absolute atomic E-state index is 0.402. The van der Waals surface area contributed by atoms with Crippen molar-refractivity contribution in [2.75, 3.05) is 6.54 Å². The second-order valence-corrected chi connectivity index (χ2v) is 6.11. The number of hydrogen-bond donors (Lipinski definition) is 3. The Morgan fingerprint density at radius 3 is 2.55 bits per heavy atom. The third-order valence-electron chi connectivity index (χ3n) is 4.53. The molecule has 0 aromatic heterocycles. The van der Waals surface area contributed by atoms with E-state index in [0.29, 0.717) is 24.4 Å². The van der Waals surface area contributed by atoms with Gasteiger partial charge in [0.15, 0.2) is 0 Å². The molecular formula is C19H24N2O. The van der Waals surface area contributed by atoms with E-state index in [4.69, 9.17) is 5.73 Å². The molecule has 3 nitrogen and oxygen atoms in total. The Balaban J connectivity index is 1.80. The quantitative estimate of drug-likeness (QED) is 0.812. The Bertz CT molecular complexity index is 612. The average molecular weight is 296 g/mol. The van der Waals surface area contributed by atoms with Crippen molar-refractivity contribution in [1.82, 2.24) is 5.32 Å². The normalized spacial score (nSPS) is 21.7. The second-order valence-electron chi connectivity index (χ2n) is 6.11. The molecule has 116 valence electrons. The molecule has 1 saturated heterocycles. The fourth-order valence-corrected chi connectivity index (χ4v) is 3.33. The van der Waals surface area contributed by atoms with Crippen molar-refractivity contribution >= 4 is 0 Å². The van der Waals surface area contributed by atoms with Gasteiger partial charge in [-0.3, -0.25) is 0 Å². The molecule has 2 unspecified atom stereocenters. The monoisotopic (exact) mass is 296 g/mol. The smallest absolute Gasteiger partial charge is 0.126 e. The molecule has 3 heteroatoms. The molecule has 0 aliphatic carbocycles. The molecule has 1 heterocycles. The van der Waals surface area contributed by atoms with Crippen LogP contribution in [0.1, 0.15) is 24.8 Å². The lowest BCUT2D eigenvalue weighted by atomic mass is 9.92. The van der Waals surface area contributed by atoms with Gasteiger partial charge in [0.25, 0.3) is 0 Å². The van der Waals surface area contributed by atoms with E-state index in [1.54, 1.807) is 0 Å². The van der Waals surface area contributed by atoms with Gasteiger partial charge in [0.1, 0.15) is 5.75 Å². The number of para-hydroxylation sites is 1. The van der Waals surface area contributed by atoms with E-state index in [1.807, 2.05) is 48.5 Å². The molecule has 2 aromatic carbocycles. The highest BCUT2D eigenvalue weighted by molar-refractivity contribution is 5.71. The zero-order valence-corrected chi connectivity index (χ0v) is 12.8. The Kier molecular flexibility index (Phi) is 4.76. The molecule has 2 atom stereocenters. The van der Waals surface area contributed by atoms with Crippen LogP contribution in [0.5, 0.6) is 5.75 Å². The number of phenols is 1. The summed E-state index contributed by atoms with van der Waals surface area (Å²) in [6.07, 6.45) is 4.36. The van der Waals surface area contributed by atoms with Gasteiger partial charge in [-0.05, 0) is 30.4 Å². The van der Waals surface area contributed by atoms with Crippen molar-refractivity contribution in [3.8, 4) is 16.9 Å². The first kappa shape index (κ1) is 15.1. The van der Waals surface area contributed by atoms with E-state index in [-0.39, 0.29) is 0 Å². The highest BCUT2D eigenvalue weighted by Crippen LogP contribution is 2.33. The van der Waals surface area contributed by atoms with Crippen LogP contribution in [0.25, 0.3) is 11.1 Å². The van der Waals surface area contributed by atoms with Crippen LogP contribution < -0.4 is 11.1 Å². The van der Waals surface area contributed by atoms with Crippen molar-refractivity contribution in [3.05, 3.63) is 54.1 Å². The van der Waals surface area contributed by atoms with Gasteiger partial charge >= 0.3 is 0 Å². The van der Waals surface area contributed by atoms with Crippen LogP contribution in [-0.4, -0.2) is 23.7 Å². The summed E-state index contributed by atoms with van der Waals surface area (Å²) >= 11 is 0. The number of aromatic hydroxyl groups is 1. The largest absolute Gasteiger partial charge is 0.507 e. The predicted octanol–water partition coefficient (Wildman–Crippen LogP) is 3.07. The Morgan fingerprint density at radius 2 is 1.77 bits per heavy atom. The van der Waals surface area contributed by atoms with Gasteiger partial charge in [0.2, 0.25) is 0 Å². The molecule has 2 aromatic rings. The number of piperidine rings is 1. The Morgan fingerprint density at radius 1 is 1.00 bits per heavy atom. The highest BCUT2D eigenvalue weighted by Gasteiger charge is 2.21. The third kappa shape index (κ3) is 3.32. The summed E-state index contributed by atoms with van der Waals surface area (Å²) in [6, 6.07) is 16.9. The van der Waals surface area contributed by atoms with Gasteiger partial charge in [-0.15, -0.1) is 0 Å². The van der Waals surface area contributed by atoms with Crippen LogP contribution >= 0.6 is 0 Å².